The van der Waals surface area contributed by atoms with Crippen LogP contribution in [0.15, 0.2) is 30.3 Å². The van der Waals surface area contributed by atoms with E-state index in [2.05, 4.69) is 51.1 Å². The number of rotatable bonds is 3. The molecular weight excluding hydrogens is 172 g/mol. The third-order valence-electron chi connectivity index (χ3n) is 2.03. The van der Waals surface area contributed by atoms with Crippen molar-refractivity contribution in [1.82, 2.24) is 0 Å². The van der Waals surface area contributed by atoms with Crippen LogP contribution in [-0.4, -0.2) is 9.52 Å². The zero-order valence-corrected chi connectivity index (χ0v) is 10.0. The van der Waals surface area contributed by atoms with E-state index in [4.69, 9.17) is 0 Å². The van der Waals surface area contributed by atoms with Crippen LogP contribution in [0.25, 0.3) is 0 Å². The topological polar surface area (TPSA) is 0 Å². The summed E-state index contributed by atoms with van der Waals surface area (Å²) in [6.07, 6.45) is 1.26. The van der Waals surface area contributed by atoms with Gasteiger partial charge in [0.1, 0.15) is 0 Å². The summed E-state index contributed by atoms with van der Waals surface area (Å²) in [5, 5.41) is 0.564. The van der Waals surface area contributed by atoms with Gasteiger partial charge in [-0.3, -0.25) is 0 Å². The predicted octanol–water partition coefficient (Wildman–Crippen LogP) is 3.30. The molecule has 0 nitrogen and oxygen atoms in total. The highest BCUT2D eigenvalue weighted by Crippen LogP contribution is 2.22. The third kappa shape index (κ3) is 4.89. The molecule has 0 saturated heterocycles. The Bertz CT molecular complexity index is 233. The average molecular weight is 191 g/mol. The zero-order valence-electron chi connectivity index (χ0n) is 8.88. The number of benzene rings is 1. The van der Waals surface area contributed by atoms with Crippen molar-refractivity contribution in [2.24, 2.45) is 0 Å². The molecule has 1 heteroatoms. The Morgan fingerprint density at radius 1 is 1.08 bits per heavy atom. The van der Waals surface area contributed by atoms with Gasteiger partial charge in [-0.1, -0.05) is 57.1 Å². The van der Waals surface area contributed by atoms with E-state index in [1.807, 2.05) is 0 Å². The lowest BCUT2D eigenvalue weighted by molar-refractivity contribution is 0.747. The van der Waals surface area contributed by atoms with Gasteiger partial charge in [-0.2, -0.15) is 0 Å². The molecule has 0 heterocycles. The highest BCUT2D eigenvalue weighted by atomic mass is 28.2. The van der Waals surface area contributed by atoms with E-state index >= 15 is 0 Å². The van der Waals surface area contributed by atoms with Crippen LogP contribution < -0.4 is 0 Å². The molecule has 1 aromatic carbocycles. The average Bonchev–Trinajstić information content (AvgIpc) is 2.04. The molecule has 0 aliphatic carbocycles. The molecule has 1 rings (SSSR count). The molecule has 0 atom stereocenters. The Hall–Kier alpha value is -0.563. The largest absolute Gasteiger partial charge is 0.0631 e. The first-order valence-corrected chi connectivity index (χ1v) is 6.36. The van der Waals surface area contributed by atoms with E-state index < -0.39 is 0 Å². The first kappa shape index (κ1) is 10.5. The minimum atomic E-state index is 0.564. The molecule has 71 valence electrons. The molecule has 0 amide bonds. The second-order valence-electron chi connectivity index (χ2n) is 4.59. The molecule has 0 aromatic heterocycles. The monoisotopic (exact) mass is 191 g/mol. The molecule has 13 heavy (non-hydrogen) atoms. The van der Waals surface area contributed by atoms with E-state index in [1.165, 1.54) is 18.0 Å². The molecule has 0 bridgehead atoms. The van der Waals surface area contributed by atoms with Gasteiger partial charge >= 0.3 is 0 Å². The Balaban J connectivity index is 2.29. The van der Waals surface area contributed by atoms with Crippen LogP contribution in [0.3, 0.4) is 0 Å². The quantitative estimate of drug-likeness (QED) is 0.643. The summed E-state index contributed by atoms with van der Waals surface area (Å²) >= 11 is 0. The van der Waals surface area contributed by atoms with Gasteiger partial charge in [0.15, 0.2) is 0 Å². The normalized spacial score (nSPS) is 11.6. The molecule has 0 N–H and O–H groups in total. The summed E-state index contributed by atoms with van der Waals surface area (Å²) in [4.78, 5) is 0. The summed E-state index contributed by atoms with van der Waals surface area (Å²) in [6, 6.07) is 12.2. The van der Waals surface area contributed by atoms with Crippen molar-refractivity contribution in [1.29, 1.82) is 0 Å². The minimum Gasteiger partial charge on any atom is -0.0631 e. The molecule has 0 aliphatic rings. The molecular formula is C12H19Si. The lowest BCUT2D eigenvalue weighted by Gasteiger charge is -2.16. The zero-order chi connectivity index (χ0) is 9.73. The Morgan fingerprint density at radius 2 is 1.69 bits per heavy atom. The van der Waals surface area contributed by atoms with Crippen molar-refractivity contribution in [3.8, 4) is 0 Å². The fraction of sp³-hybridized carbons (Fsp3) is 0.500. The standard InChI is InChI=1S/C12H19Si/c1-12(2,3)13-10-9-11-7-5-4-6-8-11/h4-8,13H,9-10H2,1-3H3. The second-order valence-corrected chi connectivity index (χ2v) is 7.31. The second kappa shape index (κ2) is 4.61. The van der Waals surface area contributed by atoms with Crippen LogP contribution in [0.4, 0.5) is 0 Å². The van der Waals surface area contributed by atoms with Gasteiger partial charge in [0.05, 0.1) is 0 Å². The van der Waals surface area contributed by atoms with Crippen LogP contribution in [0.5, 0.6) is 0 Å². The lowest BCUT2D eigenvalue weighted by atomic mass is 10.2. The predicted molar refractivity (Wildman–Crippen MR) is 61.8 cm³/mol. The molecule has 0 aliphatic heterocycles. The van der Waals surface area contributed by atoms with Crippen LogP contribution in [0.2, 0.25) is 11.1 Å². The SMILES string of the molecule is CC(C)(C)[SiH]CCc1ccccc1. The molecule has 0 spiro atoms. The Kier molecular flexibility index (Phi) is 3.73. The van der Waals surface area contributed by atoms with Gasteiger partial charge in [-0.25, -0.2) is 0 Å². The van der Waals surface area contributed by atoms with E-state index in [1.54, 1.807) is 0 Å². The van der Waals surface area contributed by atoms with Gasteiger partial charge in [0.25, 0.3) is 0 Å². The van der Waals surface area contributed by atoms with Crippen LogP contribution in [0, 0.1) is 0 Å². The maximum absolute atomic E-state index is 2.34. The van der Waals surface area contributed by atoms with Crippen molar-refractivity contribution < 1.29 is 0 Å². The lowest BCUT2D eigenvalue weighted by Crippen LogP contribution is -2.08. The smallest absolute Gasteiger partial charge is 0.0348 e. The number of hydrogen-bond donors (Lipinski definition) is 0. The van der Waals surface area contributed by atoms with Crippen molar-refractivity contribution in [3.63, 3.8) is 0 Å². The molecule has 1 radical (unpaired) electrons. The molecule has 0 saturated carbocycles. The third-order valence-corrected chi connectivity index (χ3v) is 3.83. The maximum atomic E-state index is 2.34. The van der Waals surface area contributed by atoms with Gasteiger partial charge in [-0.05, 0) is 17.0 Å². The summed E-state index contributed by atoms with van der Waals surface area (Å²) in [5.41, 5.74) is 1.49. The van der Waals surface area contributed by atoms with Crippen molar-refractivity contribution >= 4 is 9.52 Å². The highest BCUT2D eigenvalue weighted by Gasteiger charge is 2.09. The molecule has 1 aromatic rings. The number of hydrogen-bond acceptors (Lipinski definition) is 0. The van der Waals surface area contributed by atoms with Gasteiger partial charge < -0.3 is 0 Å². The van der Waals surface area contributed by atoms with Crippen LogP contribution >= 0.6 is 0 Å². The summed E-state index contributed by atoms with van der Waals surface area (Å²) in [6.45, 7) is 7.02. The van der Waals surface area contributed by atoms with E-state index in [-0.39, 0.29) is 0 Å². The van der Waals surface area contributed by atoms with Crippen molar-refractivity contribution in [3.05, 3.63) is 35.9 Å². The summed E-state index contributed by atoms with van der Waals surface area (Å²) < 4.78 is 0. The van der Waals surface area contributed by atoms with Crippen LogP contribution in [-0.2, 0) is 6.42 Å². The number of aryl methyl sites for hydroxylation is 1. The maximum Gasteiger partial charge on any atom is 0.0348 e. The fourth-order valence-corrected chi connectivity index (χ4v) is 2.66. The van der Waals surface area contributed by atoms with Crippen molar-refractivity contribution in [2.45, 2.75) is 38.3 Å². The van der Waals surface area contributed by atoms with Gasteiger partial charge in [0, 0.05) is 9.52 Å². The van der Waals surface area contributed by atoms with E-state index in [0.29, 0.717) is 14.6 Å². The first-order valence-electron chi connectivity index (χ1n) is 4.96. The summed E-state index contributed by atoms with van der Waals surface area (Å²) in [7, 11) is 0.586. The van der Waals surface area contributed by atoms with E-state index in [0.717, 1.165) is 0 Å². The Morgan fingerprint density at radius 3 is 2.23 bits per heavy atom. The highest BCUT2D eigenvalue weighted by molar-refractivity contribution is 6.39. The van der Waals surface area contributed by atoms with E-state index in [9.17, 15) is 0 Å². The van der Waals surface area contributed by atoms with Gasteiger partial charge in [-0.15, -0.1) is 0 Å². The van der Waals surface area contributed by atoms with Gasteiger partial charge in [0.2, 0.25) is 0 Å². The minimum absolute atomic E-state index is 0.564. The molecule has 0 unspecified atom stereocenters. The van der Waals surface area contributed by atoms with Crippen LogP contribution in [0.1, 0.15) is 26.3 Å². The Labute approximate surface area is 84.2 Å². The first-order chi connectivity index (χ1) is 6.08. The summed E-state index contributed by atoms with van der Waals surface area (Å²) in [5.74, 6) is 0. The fourth-order valence-electron chi connectivity index (χ4n) is 1.32. The molecule has 0 fully saturated rings. The van der Waals surface area contributed by atoms with Crippen molar-refractivity contribution in [2.75, 3.05) is 0 Å².